The zero-order chi connectivity index (χ0) is 12.1. The van der Waals surface area contributed by atoms with E-state index in [0.29, 0.717) is 0 Å². The van der Waals surface area contributed by atoms with Crippen LogP contribution in [0.25, 0.3) is 0 Å². The van der Waals surface area contributed by atoms with Crippen molar-refractivity contribution in [3.05, 3.63) is 30.3 Å². The SMILES string of the molecule is CC1CCCC(C#N)(Nc2ccccc2)CC1. The van der Waals surface area contributed by atoms with Crippen molar-refractivity contribution in [1.29, 1.82) is 5.26 Å². The van der Waals surface area contributed by atoms with Gasteiger partial charge in [0, 0.05) is 5.69 Å². The Morgan fingerprint density at radius 2 is 2.00 bits per heavy atom. The quantitative estimate of drug-likeness (QED) is 0.778. The van der Waals surface area contributed by atoms with Gasteiger partial charge in [-0.25, -0.2) is 0 Å². The van der Waals surface area contributed by atoms with Gasteiger partial charge in [-0.05, 0) is 43.7 Å². The monoisotopic (exact) mass is 228 g/mol. The second-order valence-electron chi connectivity index (χ2n) is 5.22. The highest BCUT2D eigenvalue weighted by Crippen LogP contribution is 2.32. The third-order valence-corrected chi connectivity index (χ3v) is 3.74. The maximum atomic E-state index is 9.50. The first-order chi connectivity index (χ1) is 8.24. The van der Waals surface area contributed by atoms with E-state index >= 15 is 0 Å². The number of rotatable bonds is 2. The van der Waals surface area contributed by atoms with E-state index in [1.807, 2.05) is 30.3 Å². The molecule has 0 heterocycles. The first-order valence-corrected chi connectivity index (χ1v) is 6.49. The molecule has 1 aliphatic carbocycles. The van der Waals surface area contributed by atoms with E-state index in [1.54, 1.807) is 0 Å². The minimum atomic E-state index is -0.355. The van der Waals surface area contributed by atoms with Gasteiger partial charge in [0.05, 0.1) is 6.07 Å². The molecule has 2 atom stereocenters. The van der Waals surface area contributed by atoms with E-state index in [0.717, 1.165) is 37.3 Å². The van der Waals surface area contributed by atoms with Crippen LogP contribution in [0.15, 0.2) is 30.3 Å². The summed E-state index contributed by atoms with van der Waals surface area (Å²) >= 11 is 0. The van der Waals surface area contributed by atoms with Crippen molar-refractivity contribution in [2.45, 2.75) is 44.6 Å². The summed E-state index contributed by atoms with van der Waals surface area (Å²) in [5, 5.41) is 12.9. The van der Waals surface area contributed by atoms with Crippen LogP contribution in [0.1, 0.15) is 39.0 Å². The fourth-order valence-corrected chi connectivity index (χ4v) is 2.58. The first kappa shape index (κ1) is 12.0. The van der Waals surface area contributed by atoms with E-state index in [2.05, 4.69) is 18.3 Å². The van der Waals surface area contributed by atoms with Crippen molar-refractivity contribution in [1.82, 2.24) is 0 Å². The van der Waals surface area contributed by atoms with E-state index in [1.165, 1.54) is 6.42 Å². The number of anilines is 1. The molecule has 17 heavy (non-hydrogen) atoms. The molecule has 2 rings (SSSR count). The maximum absolute atomic E-state index is 9.50. The highest BCUT2D eigenvalue weighted by molar-refractivity contribution is 5.47. The molecule has 1 fully saturated rings. The summed E-state index contributed by atoms with van der Waals surface area (Å²) in [6.45, 7) is 2.29. The molecule has 1 N–H and O–H groups in total. The fraction of sp³-hybridized carbons (Fsp3) is 0.533. The highest BCUT2D eigenvalue weighted by Gasteiger charge is 2.32. The Balaban J connectivity index is 2.12. The average Bonchev–Trinajstić information content (AvgIpc) is 2.54. The second kappa shape index (κ2) is 5.23. The van der Waals surface area contributed by atoms with Crippen molar-refractivity contribution in [2.24, 2.45) is 5.92 Å². The Labute approximate surface area is 104 Å². The van der Waals surface area contributed by atoms with Crippen molar-refractivity contribution >= 4 is 5.69 Å². The molecule has 1 aliphatic rings. The Morgan fingerprint density at radius 3 is 2.71 bits per heavy atom. The highest BCUT2D eigenvalue weighted by atomic mass is 15.0. The van der Waals surface area contributed by atoms with Crippen molar-refractivity contribution in [3.63, 3.8) is 0 Å². The molecule has 0 bridgehead atoms. The van der Waals surface area contributed by atoms with E-state index in [-0.39, 0.29) is 5.54 Å². The number of nitrogens with zero attached hydrogens (tertiary/aromatic N) is 1. The van der Waals surface area contributed by atoms with Crippen LogP contribution in [0.5, 0.6) is 0 Å². The van der Waals surface area contributed by atoms with Gasteiger partial charge in [0.25, 0.3) is 0 Å². The van der Waals surface area contributed by atoms with Crippen LogP contribution in [0.2, 0.25) is 0 Å². The van der Waals surface area contributed by atoms with Crippen LogP contribution in [-0.2, 0) is 0 Å². The summed E-state index contributed by atoms with van der Waals surface area (Å²) in [4.78, 5) is 0. The molecule has 1 aromatic carbocycles. The van der Waals surface area contributed by atoms with Crippen LogP contribution in [-0.4, -0.2) is 5.54 Å². The van der Waals surface area contributed by atoms with Gasteiger partial charge in [0.2, 0.25) is 0 Å². The van der Waals surface area contributed by atoms with Crippen molar-refractivity contribution in [2.75, 3.05) is 5.32 Å². The van der Waals surface area contributed by atoms with Crippen molar-refractivity contribution in [3.8, 4) is 6.07 Å². The molecule has 0 radical (unpaired) electrons. The van der Waals surface area contributed by atoms with Crippen molar-refractivity contribution < 1.29 is 0 Å². The van der Waals surface area contributed by atoms with Gasteiger partial charge < -0.3 is 5.32 Å². The smallest absolute Gasteiger partial charge is 0.125 e. The Bertz CT molecular complexity index is 393. The van der Waals surface area contributed by atoms with Gasteiger partial charge in [-0.3, -0.25) is 0 Å². The van der Waals surface area contributed by atoms with Gasteiger partial charge in [0.1, 0.15) is 5.54 Å². The number of para-hydroxylation sites is 1. The second-order valence-corrected chi connectivity index (χ2v) is 5.22. The number of hydrogen-bond donors (Lipinski definition) is 1. The number of hydrogen-bond acceptors (Lipinski definition) is 2. The lowest BCUT2D eigenvalue weighted by Gasteiger charge is -2.27. The molecule has 0 amide bonds. The third-order valence-electron chi connectivity index (χ3n) is 3.74. The molecular weight excluding hydrogens is 208 g/mol. The summed E-state index contributed by atoms with van der Waals surface area (Å²) in [5.74, 6) is 0.753. The normalized spacial score (nSPS) is 29.1. The molecule has 2 unspecified atom stereocenters. The van der Waals surface area contributed by atoms with Crippen LogP contribution < -0.4 is 5.32 Å². The Kier molecular flexibility index (Phi) is 3.68. The standard InChI is InChI=1S/C15H20N2/c1-13-6-5-10-15(12-16,11-9-13)17-14-7-3-2-4-8-14/h2-4,7-8,13,17H,5-6,9-11H2,1H3. The fourth-order valence-electron chi connectivity index (χ4n) is 2.58. The van der Waals surface area contributed by atoms with Gasteiger partial charge in [-0.2, -0.15) is 5.26 Å². The van der Waals surface area contributed by atoms with Crippen LogP contribution in [0.3, 0.4) is 0 Å². The minimum Gasteiger partial charge on any atom is -0.367 e. The van der Waals surface area contributed by atoms with Gasteiger partial charge in [0.15, 0.2) is 0 Å². The molecule has 90 valence electrons. The average molecular weight is 228 g/mol. The summed E-state index contributed by atoms with van der Waals surface area (Å²) in [6, 6.07) is 12.6. The summed E-state index contributed by atoms with van der Waals surface area (Å²) < 4.78 is 0. The topological polar surface area (TPSA) is 35.8 Å². The van der Waals surface area contributed by atoms with E-state index in [4.69, 9.17) is 0 Å². The Hall–Kier alpha value is -1.49. The Morgan fingerprint density at radius 1 is 1.24 bits per heavy atom. The number of nitrogens with one attached hydrogen (secondary N) is 1. The predicted octanol–water partition coefficient (Wildman–Crippen LogP) is 3.96. The largest absolute Gasteiger partial charge is 0.367 e. The lowest BCUT2D eigenvalue weighted by Crippen LogP contribution is -2.36. The molecule has 0 spiro atoms. The van der Waals surface area contributed by atoms with E-state index < -0.39 is 0 Å². The molecule has 0 saturated heterocycles. The van der Waals surface area contributed by atoms with Crippen LogP contribution in [0, 0.1) is 17.2 Å². The molecule has 0 aliphatic heterocycles. The maximum Gasteiger partial charge on any atom is 0.125 e. The zero-order valence-electron chi connectivity index (χ0n) is 10.4. The summed E-state index contributed by atoms with van der Waals surface area (Å²) in [7, 11) is 0. The lowest BCUT2D eigenvalue weighted by molar-refractivity contribution is 0.479. The lowest BCUT2D eigenvalue weighted by atomic mass is 9.91. The molecule has 1 saturated carbocycles. The summed E-state index contributed by atoms with van der Waals surface area (Å²) in [6.07, 6.45) is 5.46. The van der Waals surface area contributed by atoms with Gasteiger partial charge >= 0.3 is 0 Å². The number of nitriles is 1. The minimum absolute atomic E-state index is 0.355. The predicted molar refractivity (Wildman–Crippen MR) is 70.7 cm³/mol. The molecular formula is C15H20N2. The number of benzene rings is 1. The van der Waals surface area contributed by atoms with Crippen LogP contribution in [0.4, 0.5) is 5.69 Å². The van der Waals surface area contributed by atoms with E-state index in [9.17, 15) is 5.26 Å². The third kappa shape index (κ3) is 3.00. The van der Waals surface area contributed by atoms with Gasteiger partial charge in [-0.1, -0.05) is 31.5 Å². The first-order valence-electron chi connectivity index (χ1n) is 6.49. The van der Waals surface area contributed by atoms with Crippen LogP contribution >= 0.6 is 0 Å². The zero-order valence-corrected chi connectivity index (χ0v) is 10.4. The summed E-state index contributed by atoms with van der Waals surface area (Å²) in [5.41, 5.74) is 0.704. The van der Waals surface area contributed by atoms with Gasteiger partial charge in [-0.15, -0.1) is 0 Å². The molecule has 2 heteroatoms. The molecule has 1 aromatic rings. The molecule has 2 nitrogen and oxygen atoms in total. The molecule has 0 aromatic heterocycles.